The van der Waals surface area contributed by atoms with Crippen molar-refractivity contribution in [2.24, 2.45) is 10.7 Å². The zero-order valence-corrected chi connectivity index (χ0v) is 12.1. The van der Waals surface area contributed by atoms with E-state index >= 15 is 0 Å². The Balaban J connectivity index is 1.87. The first-order valence-corrected chi connectivity index (χ1v) is 7.13. The monoisotopic (exact) mass is 314 g/mol. The predicted octanol–water partition coefficient (Wildman–Crippen LogP) is 2.82. The minimum absolute atomic E-state index is 0.0188. The molecule has 118 valence electrons. The van der Waals surface area contributed by atoms with Gasteiger partial charge in [0.25, 0.3) is 5.69 Å². The number of nitrogens with one attached hydrogen (secondary N) is 1. The first-order valence-electron chi connectivity index (χ1n) is 7.13. The van der Waals surface area contributed by atoms with Crippen LogP contribution in [0.25, 0.3) is 0 Å². The van der Waals surface area contributed by atoms with Gasteiger partial charge in [-0.05, 0) is 18.1 Å². The maximum Gasteiger partial charge on any atom is 0.269 e. The van der Waals surface area contributed by atoms with Crippen LogP contribution in [0.4, 0.5) is 10.1 Å². The van der Waals surface area contributed by atoms with Crippen molar-refractivity contribution >= 4 is 11.6 Å². The second kappa shape index (κ2) is 6.04. The maximum atomic E-state index is 14.0. The number of hydrogen-bond acceptors (Lipinski definition) is 5. The van der Waals surface area contributed by atoms with Crippen LogP contribution in [0.2, 0.25) is 0 Å². The molecule has 0 aliphatic carbocycles. The zero-order chi connectivity index (χ0) is 16.4. The van der Waals surface area contributed by atoms with Gasteiger partial charge >= 0.3 is 0 Å². The van der Waals surface area contributed by atoms with E-state index in [1.165, 1.54) is 18.2 Å². The van der Waals surface area contributed by atoms with Gasteiger partial charge < -0.3 is 11.1 Å². The number of nitro groups is 1. The molecular weight excluding hydrogens is 299 g/mol. The molecule has 0 bridgehead atoms. The van der Waals surface area contributed by atoms with Crippen LogP contribution in [0, 0.1) is 15.9 Å². The number of non-ortho nitro benzene ring substituents is 1. The summed E-state index contributed by atoms with van der Waals surface area (Å²) in [5.74, 6) is -0.0741. The summed E-state index contributed by atoms with van der Waals surface area (Å²) >= 11 is 0. The predicted molar refractivity (Wildman–Crippen MR) is 84.4 cm³/mol. The fraction of sp³-hybridized carbons (Fsp3) is 0.188. The van der Waals surface area contributed by atoms with Gasteiger partial charge in [-0.25, -0.2) is 9.38 Å². The average molecular weight is 314 g/mol. The Labute approximate surface area is 132 Å². The molecule has 1 aliphatic rings. The topological polar surface area (TPSA) is 93.5 Å². The SMILES string of the molecule is NC1=NC(c2ccc([N+](=O)[O-])cc2)CC(c2ccccc2F)N1. The summed E-state index contributed by atoms with van der Waals surface area (Å²) in [6.07, 6.45) is 0.513. The van der Waals surface area contributed by atoms with E-state index in [0.717, 1.165) is 5.56 Å². The Hall–Kier alpha value is -2.96. The van der Waals surface area contributed by atoms with E-state index in [1.807, 2.05) is 0 Å². The summed E-state index contributed by atoms with van der Waals surface area (Å²) in [5, 5.41) is 13.7. The zero-order valence-electron chi connectivity index (χ0n) is 12.1. The van der Waals surface area contributed by atoms with E-state index in [2.05, 4.69) is 10.3 Å². The molecule has 7 heteroatoms. The van der Waals surface area contributed by atoms with E-state index < -0.39 is 4.92 Å². The molecule has 0 radical (unpaired) electrons. The molecule has 0 fully saturated rings. The van der Waals surface area contributed by atoms with Crippen molar-refractivity contribution in [2.45, 2.75) is 18.5 Å². The molecule has 3 N–H and O–H groups in total. The van der Waals surface area contributed by atoms with Crippen molar-refractivity contribution in [3.63, 3.8) is 0 Å². The minimum Gasteiger partial charge on any atom is -0.370 e. The van der Waals surface area contributed by atoms with Crippen LogP contribution in [0.5, 0.6) is 0 Å². The van der Waals surface area contributed by atoms with Gasteiger partial charge in [0.1, 0.15) is 5.82 Å². The third kappa shape index (κ3) is 3.13. The summed E-state index contributed by atoms with van der Waals surface area (Å²) in [6, 6.07) is 12.1. The lowest BCUT2D eigenvalue weighted by Crippen LogP contribution is -2.39. The van der Waals surface area contributed by atoms with Gasteiger partial charge in [-0.2, -0.15) is 0 Å². The number of benzene rings is 2. The molecule has 1 heterocycles. The molecular formula is C16H15FN4O2. The van der Waals surface area contributed by atoms with Crippen LogP contribution in [0.15, 0.2) is 53.5 Å². The number of nitrogens with two attached hydrogens (primary N) is 1. The molecule has 2 aromatic carbocycles. The van der Waals surface area contributed by atoms with Gasteiger partial charge in [-0.3, -0.25) is 10.1 Å². The molecule has 0 saturated carbocycles. The molecule has 0 aromatic heterocycles. The second-order valence-electron chi connectivity index (χ2n) is 5.33. The number of rotatable bonds is 3. The molecule has 2 atom stereocenters. The molecule has 1 aliphatic heterocycles. The Morgan fingerprint density at radius 3 is 2.57 bits per heavy atom. The van der Waals surface area contributed by atoms with Gasteiger partial charge in [-0.15, -0.1) is 0 Å². The van der Waals surface area contributed by atoms with Crippen molar-refractivity contribution in [2.75, 3.05) is 0 Å². The van der Waals surface area contributed by atoms with Crippen LogP contribution in [-0.2, 0) is 0 Å². The van der Waals surface area contributed by atoms with Crippen LogP contribution >= 0.6 is 0 Å². The van der Waals surface area contributed by atoms with Crippen LogP contribution in [-0.4, -0.2) is 10.9 Å². The normalized spacial score (nSPS) is 20.5. The third-order valence-electron chi connectivity index (χ3n) is 3.85. The van der Waals surface area contributed by atoms with Gasteiger partial charge in [0.15, 0.2) is 5.96 Å². The van der Waals surface area contributed by atoms with Gasteiger partial charge in [0.2, 0.25) is 0 Å². The van der Waals surface area contributed by atoms with E-state index in [-0.39, 0.29) is 29.5 Å². The van der Waals surface area contributed by atoms with Crippen LogP contribution in [0.1, 0.15) is 29.6 Å². The smallest absolute Gasteiger partial charge is 0.269 e. The highest BCUT2D eigenvalue weighted by Gasteiger charge is 2.26. The van der Waals surface area contributed by atoms with Crippen LogP contribution in [0.3, 0.4) is 0 Å². The highest BCUT2D eigenvalue weighted by atomic mass is 19.1. The van der Waals surface area contributed by atoms with Crippen molar-refractivity contribution in [3.8, 4) is 0 Å². The first-order chi connectivity index (χ1) is 11.0. The summed E-state index contributed by atoms with van der Waals surface area (Å²) in [7, 11) is 0. The lowest BCUT2D eigenvalue weighted by molar-refractivity contribution is -0.384. The van der Waals surface area contributed by atoms with E-state index in [4.69, 9.17) is 5.73 Å². The Bertz CT molecular complexity index is 761. The molecule has 6 nitrogen and oxygen atoms in total. The fourth-order valence-electron chi connectivity index (χ4n) is 2.71. The Morgan fingerprint density at radius 2 is 1.91 bits per heavy atom. The molecule has 2 aromatic rings. The minimum atomic E-state index is -0.452. The average Bonchev–Trinajstić information content (AvgIpc) is 2.55. The Kier molecular flexibility index (Phi) is 3.92. The van der Waals surface area contributed by atoms with Crippen molar-refractivity contribution in [1.82, 2.24) is 5.32 Å². The number of hydrogen-bond donors (Lipinski definition) is 2. The molecule has 0 saturated heterocycles. The quantitative estimate of drug-likeness (QED) is 0.673. The highest BCUT2D eigenvalue weighted by molar-refractivity contribution is 5.79. The third-order valence-corrected chi connectivity index (χ3v) is 3.85. The van der Waals surface area contributed by atoms with Gasteiger partial charge in [-0.1, -0.05) is 30.3 Å². The number of nitrogens with zero attached hydrogens (tertiary/aromatic N) is 2. The lowest BCUT2D eigenvalue weighted by Gasteiger charge is -2.29. The van der Waals surface area contributed by atoms with Crippen molar-refractivity contribution in [1.29, 1.82) is 0 Å². The first kappa shape index (κ1) is 15.0. The summed E-state index contributed by atoms with van der Waals surface area (Å²) in [5.41, 5.74) is 7.18. The fourth-order valence-corrected chi connectivity index (χ4v) is 2.71. The van der Waals surface area contributed by atoms with Crippen LogP contribution < -0.4 is 11.1 Å². The molecule has 3 rings (SSSR count). The maximum absolute atomic E-state index is 14.0. The second-order valence-corrected chi connectivity index (χ2v) is 5.33. The van der Waals surface area contributed by atoms with E-state index in [0.29, 0.717) is 12.0 Å². The molecule has 23 heavy (non-hydrogen) atoms. The molecule has 0 amide bonds. The standard InChI is InChI=1S/C16H15FN4O2/c17-13-4-2-1-3-12(13)15-9-14(19-16(18)20-15)10-5-7-11(8-6-10)21(22)23/h1-8,14-15H,9H2,(H3,18,19,20). The Morgan fingerprint density at radius 1 is 1.22 bits per heavy atom. The van der Waals surface area contributed by atoms with E-state index in [1.54, 1.807) is 30.3 Å². The largest absolute Gasteiger partial charge is 0.370 e. The van der Waals surface area contributed by atoms with Gasteiger partial charge in [0, 0.05) is 17.7 Å². The summed E-state index contributed by atoms with van der Waals surface area (Å²) < 4.78 is 14.0. The van der Waals surface area contributed by atoms with Gasteiger partial charge in [0.05, 0.1) is 17.0 Å². The summed E-state index contributed by atoms with van der Waals surface area (Å²) in [4.78, 5) is 14.6. The van der Waals surface area contributed by atoms with E-state index in [9.17, 15) is 14.5 Å². The number of guanidine groups is 1. The number of nitro benzene ring substituents is 1. The number of halogens is 1. The molecule has 0 spiro atoms. The number of aliphatic imine (C=N–C) groups is 1. The van der Waals surface area contributed by atoms with Crippen molar-refractivity contribution in [3.05, 3.63) is 75.6 Å². The summed E-state index contributed by atoms with van der Waals surface area (Å²) in [6.45, 7) is 0. The highest BCUT2D eigenvalue weighted by Crippen LogP contribution is 2.33. The lowest BCUT2D eigenvalue weighted by atomic mass is 9.93. The molecule has 2 unspecified atom stereocenters. The van der Waals surface area contributed by atoms with Crippen molar-refractivity contribution < 1.29 is 9.31 Å².